The molecule has 1 aromatic heterocycles. The molecule has 0 fully saturated rings. The van der Waals surface area contributed by atoms with E-state index >= 15 is 8.78 Å². The van der Waals surface area contributed by atoms with Crippen LogP contribution < -0.4 is 11.5 Å². The van der Waals surface area contributed by atoms with Gasteiger partial charge in [0.1, 0.15) is 11.6 Å². The first kappa shape index (κ1) is 35.5. The fourth-order valence-corrected chi connectivity index (χ4v) is 5.19. The zero-order chi connectivity index (χ0) is 35.2. The van der Waals surface area contributed by atoms with Crippen LogP contribution in [0.25, 0.3) is 33.9 Å². The first-order valence-electron chi connectivity index (χ1n) is 14.6. The first-order valence-corrected chi connectivity index (χ1v) is 14.6. The number of halogens is 5. The van der Waals surface area contributed by atoms with E-state index in [0.717, 1.165) is 22.3 Å². The molecule has 7 N–H and O–H groups in total. The van der Waals surface area contributed by atoms with E-state index in [4.69, 9.17) is 36.9 Å². The number of carbonyl (C=O) groups is 1. The number of nitrogens with one attached hydrogen (secondary N) is 2. The number of nitrogens with zero attached hydrogens (tertiary/aromatic N) is 5. The van der Waals surface area contributed by atoms with Gasteiger partial charge in [-0.3, -0.25) is 10.8 Å². The molecule has 2 aromatic carbocycles. The summed E-state index contributed by atoms with van der Waals surface area (Å²) in [5, 5.41) is 30.8. The average Bonchev–Trinajstić information content (AvgIpc) is 3.46. The molecule has 0 amide bonds. The van der Waals surface area contributed by atoms with Crippen LogP contribution in [-0.2, 0) is 16.1 Å². The first-order chi connectivity index (χ1) is 22.7. The van der Waals surface area contributed by atoms with Crippen LogP contribution in [0, 0.1) is 22.5 Å². The van der Waals surface area contributed by atoms with E-state index in [2.05, 4.69) is 10.2 Å². The molecule has 12 nitrogen and oxygen atoms in total. The third kappa shape index (κ3) is 8.33. The number of methoxy groups -OCH3 is 1. The van der Waals surface area contributed by atoms with Gasteiger partial charge in [0, 0.05) is 39.8 Å². The van der Waals surface area contributed by atoms with Crippen molar-refractivity contribution in [3.63, 3.8) is 0 Å². The molecule has 5 rings (SSSR count). The van der Waals surface area contributed by atoms with Crippen LogP contribution in [0.5, 0.6) is 0 Å². The maximum absolute atomic E-state index is 15.5. The van der Waals surface area contributed by atoms with Gasteiger partial charge in [-0.25, -0.2) is 13.6 Å². The average molecular weight is 676 g/mol. The number of nitrogens with two attached hydrogens (primary N) is 2. The van der Waals surface area contributed by atoms with Gasteiger partial charge in [-0.15, -0.1) is 10.2 Å². The molecular formula is C31H34F5N9O3. The van der Waals surface area contributed by atoms with Crippen LogP contribution in [0.4, 0.5) is 22.0 Å². The van der Waals surface area contributed by atoms with Crippen molar-refractivity contribution >= 4 is 29.0 Å². The number of aromatic nitrogens is 3. The molecular weight excluding hydrogens is 641 g/mol. The number of hydrogen-bond donors (Lipinski definition) is 5. The Labute approximate surface area is 272 Å². The Morgan fingerprint density at radius 1 is 0.875 bits per heavy atom. The van der Waals surface area contributed by atoms with Crippen molar-refractivity contribution in [3.8, 4) is 22.8 Å². The number of hydrogen-bond acceptors (Lipinski definition) is 6. The lowest BCUT2D eigenvalue weighted by Gasteiger charge is -2.26. The molecule has 3 heterocycles. The van der Waals surface area contributed by atoms with Crippen molar-refractivity contribution in [2.75, 3.05) is 39.9 Å². The second kappa shape index (κ2) is 15.1. The van der Waals surface area contributed by atoms with Crippen LogP contribution in [0.3, 0.4) is 0 Å². The van der Waals surface area contributed by atoms with Gasteiger partial charge in [0.15, 0.2) is 23.6 Å². The van der Waals surface area contributed by atoms with Gasteiger partial charge >= 0.3 is 12.1 Å². The summed E-state index contributed by atoms with van der Waals surface area (Å²) < 4.78 is 69.7. The molecule has 0 unspecified atom stereocenters. The van der Waals surface area contributed by atoms with Crippen LogP contribution in [0.1, 0.15) is 24.0 Å². The smallest absolute Gasteiger partial charge is 0.475 e. The van der Waals surface area contributed by atoms with Gasteiger partial charge < -0.3 is 35.7 Å². The van der Waals surface area contributed by atoms with Crippen molar-refractivity contribution in [2.24, 2.45) is 11.5 Å². The van der Waals surface area contributed by atoms with Gasteiger partial charge in [-0.2, -0.15) is 13.2 Å². The second-order valence-corrected chi connectivity index (χ2v) is 10.8. The summed E-state index contributed by atoms with van der Waals surface area (Å²) in [4.78, 5) is 12.4. The topological polar surface area (TPSA) is 183 Å². The lowest BCUT2D eigenvalue weighted by molar-refractivity contribution is -0.192. The molecule has 0 aliphatic carbocycles. The van der Waals surface area contributed by atoms with E-state index in [-0.39, 0.29) is 34.7 Å². The number of guanidine groups is 2. The number of benzene rings is 2. The van der Waals surface area contributed by atoms with Crippen molar-refractivity contribution in [3.05, 3.63) is 71.3 Å². The molecule has 0 saturated carbocycles. The standard InChI is InChI=1S/C29H33F2N9O.C2HF3O2/c1-41-15-14-40-26(22-4-2-20(16-24(22)30)18-6-10-38(11-7-18)28(32)33)36-37-27(40)23-5-3-21(17-25(23)31)19-8-12-39(13-9-19)29(34)35;3-2(4,5)1(6)7/h2-6,8,16-17H,7,9-15H2,1H3,(H3,32,33)(H3,34,35);(H,6,7). The lowest BCUT2D eigenvalue weighted by atomic mass is 9.97. The van der Waals surface area contributed by atoms with E-state index in [1.54, 1.807) is 33.6 Å². The molecule has 0 radical (unpaired) electrons. The Hall–Kier alpha value is -5.32. The molecule has 0 spiro atoms. The summed E-state index contributed by atoms with van der Waals surface area (Å²) in [5.41, 5.74) is 15.1. The van der Waals surface area contributed by atoms with E-state index in [9.17, 15) is 13.2 Å². The van der Waals surface area contributed by atoms with Crippen LogP contribution in [-0.4, -0.2) is 93.6 Å². The van der Waals surface area contributed by atoms with Gasteiger partial charge in [0.25, 0.3) is 0 Å². The van der Waals surface area contributed by atoms with Crippen LogP contribution in [0.15, 0.2) is 48.6 Å². The van der Waals surface area contributed by atoms with E-state index < -0.39 is 23.8 Å². The largest absolute Gasteiger partial charge is 0.490 e. The highest BCUT2D eigenvalue weighted by Gasteiger charge is 2.38. The Balaban J connectivity index is 0.000000671. The summed E-state index contributed by atoms with van der Waals surface area (Å²) in [7, 11) is 1.56. The lowest BCUT2D eigenvalue weighted by Crippen LogP contribution is -2.39. The minimum absolute atomic E-state index is 0.0196. The summed E-state index contributed by atoms with van der Waals surface area (Å²) in [6.07, 6.45) is 0.114. The van der Waals surface area contributed by atoms with Crippen molar-refractivity contribution in [1.82, 2.24) is 24.6 Å². The number of ether oxygens (including phenoxy) is 1. The Morgan fingerprint density at radius 2 is 1.29 bits per heavy atom. The molecule has 2 aliphatic heterocycles. The zero-order valence-corrected chi connectivity index (χ0v) is 25.8. The van der Waals surface area contributed by atoms with Crippen molar-refractivity contribution in [2.45, 2.75) is 25.6 Å². The predicted molar refractivity (Wildman–Crippen MR) is 169 cm³/mol. The van der Waals surface area contributed by atoms with Crippen molar-refractivity contribution < 1.29 is 36.6 Å². The third-order valence-corrected chi connectivity index (χ3v) is 7.77. The normalized spacial score (nSPS) is 14.9. The molecule has 2 aliphatic rings. The van der Waals surface area contributed by atoms with Crippen molar-refractivity contribution in [1.29, 1.82) is 10.8 Å². The minimum Gasteiger partial charge on any atom is -0.475 e. The molecule has 48 heavy (non-hydrogen) atoms. The fourth-order valence-electron chi connectivity index (χ4n) is 5.19. The number of carboxylic acid groups (broad SMARTS) is 1. The number of aliphatic carboxylic acids is 1. The maximum Gasteiger partial charge on any atom is 0.490 e. The quantitative estimate of drug-likeness (QED) is 0.140. The van der Waals surface area contributed by atoms with Gasteiger partial charge in [-0.05, 0) is 59.4 Å². The minimum atomic E-state index is -5.08. The molecule has 0 bridgehead atoms. The fraction of sp³-hybridized carbons (Fsp3) is 0.323. The van der Waals surface area contributed by atoms with E-state index in [1.807, 2.05) is 24.3 Å². The molecule has 0 atom stereocenters. The molecule has 0 saturated heterocycles. The van der Waals surface area contributed by atoms with Crippen LogP contribution >= 0.6 is 0 Å². The summed E-state index contributed by atoms with van der Waals surface area (Å²) in [6, 6.07) is 9.95. The summed E-state index contributed by atoms with van der Waals surface area (Å²) in [5.74, 6) is -3.08. The third-order valence-electron chi connectivity index (χ3n) is 7.77. The SMILES string of the molecule is COCCn1c(-c2ccc(C3=CCN(C(=N)N)CC3)cc2F)nnc1-c1ccc(C2=CCN(C(=N)N)CC2)cc1F.O=C(O)C(F)(F)F. The van der Waals surface area contributed by atoms with Gasteiger partial charge in [-0.1, -0.05) is 24.3 Å². The van der Waals surface area contributed by atoms with Gasteiger partial charge in [0.2, 0.25) is 0 Å². The Kier molecular flexibility index (Phi) is 11.1. The number of alkyl halides is 3. The summed E-state index contributed by atoms with van der Waals surface area (Å²) in [6.45, 7) is 2.79. The highest BCUT2D eigenvalue weighted by atomic mass is 19.4. The zero-order valence-electron chi connectivity index (χ0n) is 25.8. The molecule has 17 heteroatoms. The Morgan fingerprint density at radius 3 is 1.58 bits per heavy atom. The number of rotatable bonds is 7. The Bertz CT molecular complexity index is 1640. The summed E-state index contributed by atoms with van der Waals surface area (Å²) >= 11 is 0. The highest BCUT2D eigenvalue weighted by molar-refractivity contribution is 5.78. The highest BCUT2D eigenvalue weighted by Crippen LogP contribution is 2.32. The van der Waals surface area contributed by atoms with Gasteiger partial charge in [0.05, 0.1) is 17.7 Å². The molecule has 3 aromatic rings. The maximum atomic E-state index is 15.5. The van der Waals surface area contributed by atoms with E-state index in [1.165, 1.54) is 12.1 Å². The predicted octanol–water partition coefficient (Wildman–Crippen LogP) is 4.14. The monoisotopic (exact) mass is 675 g/mol. The van der Waals surface area contributed by atoms with Crippen LogP contribution in [0.2, 0.25) is 0 Å². The van der Waals surface area contributed by atoms with E-state index in [0.29, 0.717) is 52.2 Å². The number of carboxylic acids is 1. The molecule has 256 valence electrons. The second-order valence-electron chi connectivity index (χ2n) is 10.8.